The molecule has 4 aromatic heterocycles. The summed E-state index contributed by atoms with van der Waals surface area (Å²) in [5.41, 5.74) is 4.08. The number of carbonyl (C=O) groups is 1. The fraction of sp³-hybridized carbons (Fsp3) is 0.160. The normalized spacial score (nSPS) is 11.7. The minimum absolute atomic E-state index is 0.0688. The highest BCUT2D eigenvalue weighted by Crippen LogP contribution is 2.23. The van der Waals surface area contributed by atoms with E-state index in [9.17, 15) is 9.59 Å². The SMILES string of the molecule is Cc1cc(/C=C/C(=O)OCc2cc(=O)n3c(n2)sc2ccccc23)c(C)n1Cc1ccco1. The number of thiazole rings is 1. The smallest absolute Gasteiger partial charge is 0.331 e. The molecule has 8 heteroatoms. The Morgan fingerprint density at radius 3 is 2.85 bits per heavy atom. The third-order valence-electron chi connectivity index (χ3n) is 5.52. The van der Waals surface area contributed by atoms with Crippen LogP contribution >= 0.6 is 11.3 Å². The van der Waals surface area contributed by atoms with Crippen LogP contribution in [0.4, 0.5) is 0 Å². The molecule has 0 saturated carbocycles. The number of hydrogen-bond donors (Lipinski definition) is 0. The van der Waals surface area contributed by atoms with Crippen LogP contribution in [-0.4, -0.2) is 19.9 Å². The summed E-state index contributed by atoms with van der Waals surface area (Å²) in [7, 11) is 0. The Bertz CT molecular complexity index is 1550. The van der Waals surface area contributed by atoms with Crippen LogP contribution in [-0.2, 0) is 22.7 Å². The van der Waals surface area contributed by atoms with Gasteiger partial charge in [0.25, 0.3) is 5.56 Å². The number of furan rings is 1. The Balaban J connectivity index is 1.28. The largest absolute Gasteiger partial charge is 0.467 e. The summed E-state index contributed by atoms with van der Waals surface area (Å²) in [6.07, 6.45) is 4.78. The number of rotatable bonds is 6. The topological polar surface area (TPSA) is 78.7 Å². The van der Waals surface area contributed by atoms with Crippen LogP contribution in [0.3, 0.4) is 0 Å². The number of hydrogen-bond acceptors (Lipinski definition) is 6. The molecule has 0 saturated heterocycles. The number of fused-ring (bicyclic) bond motifs is 3. The average Bonchev–Trinajstić information content (AvgIpc) is 3.51. The van der Waals surface area contributed by atoms with Gasteiger partial charge in [-0.15, -0.1) is 0 Å². The van der Waals surface area contributed by atoms with Crippen molar-refractivity contribution in [3.63, 3.8) is 0 Å². The van der Waals surface area contributed by atoms with Gasteiger partial charge >= 0.3 is 5.97 Å². The standard InChI is InChI=1S/C25H21N3O4S/c1-16-12-18(17(2)27(16)14-20-6-5-11-31-20)9-10-24(30)32-15-19-13-23(29)28-21-7-3-4-8-22(21)33-25(28)26-19/h3-13H,14-15H2,1-2H3/b10-9+. The van der Waals surface area contributed by atoms with Crippen molar-refractivity contribution in [2.45, 2.75) is 27.0 Å². The fourth-order valence-electron chi connectivity index (χ4n) is 3.85. The molecule has 0 spiro atoms. The van der Waals surface area contributed by atoms with E-state index in [1.807, 2.05) is 56.3 Å². The highest BCUT2D eigenvalue weighted by Gasteiger charge is 2.11. The molecule has 0 fully saturated rings. The summed E-state index contributed by atoms with van der Waals surface area (Å²) in [4.78, 5) is 30.0. The van der Waals surface area contributed by atoms with Gasteiger partial charge in [-0.25, -0.2) is 9.78 Å². The summed E-state index contributed by atoms with van der Waals surface area (Å²) in [6, 6.07) is 14.9. The first kappa shape index (κ1) is 21.0. The maximum absolute atomic E-state index is 12.6. The van der Waals surface area contributed by atoms with Crippen molar-refractivity contribution in [3.05, 3.63) is 99.6 Å². The van der Waals surface area contributed by atoms with Gasteiger partial charge < -0.3 is 13.7 Å². The molecular weight excluding hydrogens is 438 g/mol. The average molecular weight is 460 g/mol. The molecule has 0 aliphatic carbocycles. The minimum Gasteiger partial charge on any atom is -0.467 e. The van der Waals surface area contributed by atoms with E-state index >= 15 is 0 Å². The molecule has 0 N–H and O–H groups in total. The van der Waals surface area contributed by atoms with Gasteiger partial charge in [-0.3, -0.25) is 9.20 Å². The number of carbonyl (C=O) groups excluding carboxylic acids is 1. The van der Waals surface area contributed by atoms with Crippen LogP contribution in [0, 0.1) is 13.8 Å². The lowest BCUT2D eigenvalue weighted by molar-refractivity contribution is -0.139. The lowest BCUT2D eigenvalue weighted by Gasteiger charge is -2.07. The van der Waals surface area contributed by atoms with E-state index in [0.29, 0.717) is 17.2 Å². The van der Waals surface area contributed by atoms with Crippen molar-refractivity contribution in [1.29, 1.82) is 0 Å². The molecule has 0 aliphatic heterocycles. The summed E-state index contributed by atoms with van der Waals surface area (Å²) in [6.45, 7) is 4.57. The van der Waals surface area contributed by atoms with Crippen molar-refractivity contribution in [2.75, 3.05) is 0 Å². The van der Waals surface area contributed by atoms with Crippen LogP contribution < -0.4 is 5.56 Å². The van der Waals surface area contributed by atoms with E-state index in [1.165, 1.54) is 23.5 Å². The van der Waals surface area contributed by atoms with Crippen LogP contribution in [0.2, 0.25) is 0 Å². The molecule has 0 aliphatic rings. The van der Waals surface area contributed by atoms with E-state index < -0.39 is 5.97 Å². The van der Waals surface area contributed by atoms with Gasteiger partial charge in [0, 0.05) is 23.5 Å². The van der Waals surface area contributed by atoms with Gasteiger partial charge in [0.15, 0.2) is 4.96 Å². The Morgan fingerprint density at radius 2 is 2.03 bits per heavy atom. The number of aromatic nitrogens is 3. The molecule has 0 bridgehead atoms. The molecule has 4 heterocycles. The van der Waals surface area contributed by atoms with Gasteiger partial charge in [0.05, 0.1) is 28.7 Å². The number of para-hydroxylation sites is 1. The first-order valence-corrected chi connectivity index (χ1v) is 11.3. The summed E-state index contributed by atoms with van der Waals surface area (Å²) in [5, 5.41) is 0. The lowest BCUT2D eigenvalue weighted by Crippen LogP contribution is -2.15. The fourth-order valence-corrected chi connectivity index (χ4v) is 4.90. The van der Waals surface area contributed by atoms with E-state index in [1.54, 1.807) is 16.7 Å². The second-order valence-corrected chi connectivity index (χ2v) is 8.72. The molecule has 0 radical (unpaired) electrons. The molecule has 0 atom stereocenters. The first-order chi connectivity index (χ1) is 16.0. The molecule has 7 nitrogen and oxygen atoms in total. The highest BCUT2D eigenvalue weighted by molar-refractivity contribution is 7.23. The Kier molecular flexibility index (Phi) is 5.43. The number of benzene rings is 1. The van der Waals surface area contributed by atoms with Gasteiger partial charge in [-0.05, 0) is 55.8 Å². The molecule has 0 unspecified atom stereocenters. The van der Waals surface area contributed by atoms with Gasteiger partial charge in [-0.1, -0.05) is 23.5 Å². The zero-order valence-corrected chi connectivity index (χ0v) is 19.0. The van der Waals surface area contributed by atoms with Crippen LogP contribution in [0.5, 0.6) is 0 Å². The quantitative estimate of drug-likeness (QED) is 0.271. The lowest BCUT2D eigenvalue weighted by atomic mass is 10.2. The van der Waals surface area contributed by atoms with Crippen molar-refractivity contribution in [1.82, 2.24) is 14.0 Å². The van der Waals surface area contributed by atoms with E-state index in [0.717, 1.165) is 32.9 Å². The second kappa shape index (κ2) is 8.55. The van der Waals surface area contributed by atoms with Crippen LogP contribution in [0.15, 0.2) is 70.1 Å². The minimum atomic E-state index is -0.496. The van der Waals surface area contributed by atoms with Crippen molar-refractivity contribution < 1.29 is 13.9 Å². The number of ether oxygens (including phenoxy) is 1. The zero-order valence-electron chi connectivity index (χ0n) is 18.1. The molecule has 5 rings (SSSR count). The highest BCUT2D eigenvalue weighted by atomic mass is 32.1. The van der Waals surface area contributed by atoms with Crippen LogP contribution in [0.1, 0.15) is 28.4 Å². The van der Waals surface area contributed by atoms with Crippen molar-refractivity contribution >= 4 is 38.6 Å². The third-order valence-corrected chi connectivity index (χ3v) is 6.54. The Hall–Kier alpha value is -3.91. The van der Waals surface area contributed by atoms with Gasteiger partial charge in [-0.2, -0.15) is 0 Å². The zero-order chi connectivity index (χ0) is 22.9. The summed E-state index contributed by atoms with van der Waals surface area (Å²) < 4.78 is 15.5. The van der Waals surface area contributed by atoms with Crippen molar-refractivity contribution in [2.24, 2.45) is 0 Å². The molecule has 166 valence electrons. The van der Waals surface area contributed by atoms with Gasteiger partial charge in [0.2, 0.25) is 0 Å². The molecule has 1 aromatic carbocycles. The van der Waals surface area contributed by atoms with E-state index in [2.05, 4.69) is 9.55 Å². The van der Waals surface area contributed by atoms with E-state index in [4.69, 9.17) is 9.15 Å². The Morgan fingerprint density at radius 1 is 1.18 bits per heavy atom. The maximum atomic E-state index is 12.6. The maximum Gasteiger partial charge on any atom is 0.331 e. The molecular formula is C25H21N3O4S. The van der Waals surface area contributed by atoms with Crippen molar-refractivity contribution in [3.8, 4) is 0 Å². The monoisotopic (exact) mass is 459 g/mol. The van der Waals surface area contributed by atoms with Gasteiger partial charge in [0.1, 0.15) is 12.4 Å². The molecule has 33 heavy (non-hydrogen) atoms. The number of esters is 1. The number of aryl methyl sites for hydroxylation is 1. The summed E-state index contributed by atoms with van der Waals surface area (Å²) in [5.74, 6) is 0.370. The second-order valence-electron chi connectivity index (χ2n) is 7.71. The molecule has 0 amide bonds. The van der Waals surface area contributed by atoms with E-state index in [-0.39, 0.29) is 12.2 Å². The Labute approximate surface area is 193 Å². The first-order valence-electron chi connectivity index (χ1n) is 10.4. The molecule has 5 aromatic rings. The third kappa shape index (κ3) is 4.12. The van der Waals surface area contributed by atoms with Crippen LogP contribution in [0.25, 0.3) is 21.3 Å². The summed E-state index contributed by atoms with van der Waals surface area (Å²) >= 11 is 1.43. The number of nitrogens with zero attached hydrogens (tertiary/aromatic N) is 3. The predicted octanol–water partition coefficient (Wildman–Crippen LogP) is 4.73. The predicted molar refractivity (Wildman–Crippen MR) is 127 cm³/mol.